The van der Waals surface area contributed by atoms with E-state index in [4.69, 9.17) is 4.42 Å². The lowest BCUT2D eigenvalue weighted by molar-refractivity contribution is -0.130. The van der Waals surface area contributed by atoms with Crippen molar-refractivity contribution < 1.29 is 9.21 Å². The Morgan fingerprint density at radius 2 is 1.47 bits per heavy atom. The van der Waals surface area contributed by atoms with Crippen molar-refractivity contribution in [3.63, 3.8) is 0 Å². The number of hydrogen-bond acceptors (Lipinski definition) is 2. The van der Waals surface area contributed by atoms with Crippen LogP contribution < -0.4 is 0 Å². The minimum atomic E-state index is 0.219. The first kappa shape index (κ1) is 24.8. The van der Waals surface area contributed by atoms with Gasteiger partial charge in [-0.2, -0.15) is 0 Å². The zero-order valence-electron chi connectivity index (χ0n) is 19.5. The third kappa shape index (κ3) is 6.84. The summed E-state index contributed by atoms with van der Waals surface area (Å²) in [5, 5.41) is 1.05. The van der Waals surface area contributed by atoms with E-state index >= 15 is 0 Å². The number of amides is 1. The van der Waals surface area contributed by atoms with Gasteiger partial charge in [-0.15, -0.1) is 0 Å². The Hall–Kier alpha value is -1.82. The number of rotatable bonds is 13. The zero-order chi connectivity index (χ0) is 22.8. The molecule has 0 aliphatic heterocycles. The van der Waals surface area contributed by atoms with E-state index in [0.717, 1.165) is 53.8 Å². The number of nitrogens with zero attached hydrogens (tertiary/aromatic N) is 1. The molecular formula is C28H36INO2. The van der Waals surface area contributed by atoms with Gasteiger partial charge in [-0.05, 0) is 53.6 Å². The van der Waals surface area contributed by atoms with Gasteiger partial charge in [-0.1, -0.05) is 82.7 Å². The van der Waals surface area contributed by atoms with Gasteiger partial charge in [0.15, 0.2) is 0 Å². The molecule has 3 nitrogen and oxygen atoms in total. The fourth-order valence-corrected chi connectivity index (χ4v) is 4.55. The van der Waals surface area contributed by atoms with Crippen molar-refractivity contribution in [3.8, 4) is 11.3 Å². The highest BCUT2D eigenvalue weighted by molar-refractivity contribution is 14.1. The molecule has 0 atom stereocenters. The lowest BCUT2D eigenvalue weighted by Crippen LogP contribution is -2.34. The van der Waals surface area contributed by atoms with E-state index in [2.05, 4.69) is 71.7 Å². The first-order chi connectivity index (χ1) is 15.6. The summed E-state index contributed by atoms with van der Waals surface area (Å²) >= 11 is 2.31. The molecule has 0 fully saturated rings. The summed E-state index contributed by atoms with van der Waals surface area (Å²) in [5.41, 5.74) is 2.89. The largest absolute Gasteiger partial charge is 0.456 e. The molecule has 0 aliphatic carbocycles. The molecule has 0 aliphatic rings. The average Bonchev–Trinajstić information content (AvgIpc) is 3.16. The lowest BCUT2D eigenvalue weighted by Gasteiger charge is -2.23. The summed E-state index contributed by atoms with van der Waals surface area (Å²) in [6.07, 6.45) is 9.85. The van der Waals surface area contributed by atoms with Crippen LogP contribution >= 0.6 is 22.6 Å². The summed E-state index contributed by atoms with van der Waals surface area (Å²) in [5.74, 6) is 1.05. The monoisotopic (exact) mass is 545 g/mol. The predicted molar refractivity (Wildman–Crippen MR) is 143 cm³/mol. The molecular weight excluding hydrogens is 509 g/mol. The van der Waals surface area contributed by atoms with Crippen molar-refractivity contribution in [1.29, 1.82) is 0 Å². The third-order valence-electron chi connectivity index (χ3n) is 6.05. The fraction of sp³-hybridized carbons (Fsp3) is 0.464. The second-order valence-corrected chi connectivity index (χ2v) is 9.84. The maximum absolute atomic E-state index is 13.5. The smallest absolute Gasteiger partial charge is 0.227 e. The molecule has 2 aromatic carbocycles. The summed E-state index contributed by atoms with van der Waals surface area (Å²) in [4.78, 5) is 15.6. The molecule has 0 saturated carbocycles. The number of carbonyl (C=O) groups is 1. The summed E-state index contributed by atoms with van der Waals surface area (Å²) in [7, 11) is 0. The molecule has 1 heterocycles. The summed E-state index contributed by atoms with van der Waals surface area (Å²) in [6.45, 7) is 6.17. The number of benzene rings is 2. The van der Waals surface area contributed by atoms with Crippen LogP contribution in [0.2, 0.25) is 0 Å². The molecule has 0 bridgehead atoms. The zero-order valence-corrected chi connectivity index (χ0v) is 21.7. The van der Waals surface area contributed by atoms with Crippen LogP contribution in [0, 0.1) is 3.57 Å². The molecule has 1 amide bonds. The number of unbranched alkanes of at least 4 members (excludes halogenated alkanes) is 6. The van der Waals surface area contributed by atoms with Gasteiger partial charge in [-0.25, -0.2) is 0 Å². The van der Waals surface area contributed by atoms with Gasteiger partial charge in [0.25, 0.3) is 0 Å². The van der Waals surface area contributed by atoms with E-state index in [1.807, 2.05) is 18.2 Å². The Labute approximate surface area is 206 Å². The molecule has 0 N–H and O–H groups in total. The number of halogens is 1. The number of carbonyl (C=O) groups excluding carboxylic acids is 1. The summed E-state index contributed by atoms with van der Waals surface area (Å²) < 4.78 is 7.44. The first-order valence-corrected chi connectivity index (χ1v) is 13.3. The third-order valence-corrected chi connectivity index (χ3v) is 6.77. The molecule has 0 spiro atoms. The normalized spacial score (nSPS) is 11.2. The van der Waals surface area contributed by atoms with Crippen LogP contribution in [0.3, 0.4) is 0 Å². The SMILES string of the molecule is CCCCCCN(CCCCCC)C(=O)Cc1c(-c2ccc(I)cc2)oc2ccccc12. The molecule has 172 valence electrons. The van der Waals surface area contributed by atoms with Crippen LogP contribution in [-0.4, -0.2) is 23.9 Å². The van der Waals surface area contributed by atoms with Crippen LogP contribution in [0.15, 0.2) is 52.9 Å². The molecule has 0 radical (unpaired) electrons. The predicted octanol–water partition coefficient (Wildman–Crippen LogP) is 8.24. The minimum absolute atomic E-state index is 0.219. The number of furan rings is 1. The molecule has 3 rings (SSSR count). The van der Waals surface area contributed by atoms with Gasteiger partial charge in [0, 0.05) is 33.2 Å². The van der Waals surface area contributed by atoms with Crippen LogP contribution in [0.1, 0.15) is 70.8 Å². The fourth-order valence-electron chi connectivity index (χ4n) is 4.19. The van der Waals surface area contributed by atoms with Gasteiger partial charge in [0.1, 0.15) is 11.3 Å². The topological polar surface area (TPSA) is 33.5 Å². The molecule has 4 heteroatoms. The second-order valence-electron chi connectivity index (χ2n) is 8.59. The quantitative estimate of drug-likeness (QED) is 0.160. The average molecular weight is 546 g/mol. The van der Waals surface area contributed by atoms with Crippen molar-refractivity contribution in [2.45, 2.75) is 71.6 Å². The van der Waals surface area contributed by atoms with Gasteiger partial charge in [0.05, 0.1) is 6.42 Å². The Morgan fingerprint density at radius 1 is 0.844 bits per heavy atom. The van der Waals surface area contributed by atoms with Crippen LogP contribution in [0.25, 0.3) is 22.3 Å². The molecule has 0 unspecified atom stereocenters. The van der Waals surface area contributed by atoms with Gasteiger partial charge >= 0.3 is 0 Å². The van der Waals surface area contributed by atoms with Crippen molar-refractivity contribution in [3.05, 3.63) is 57.7 Å². The van der Waals surface area contributed by atoms with Crippen molar-refractivity contribution in [1.82, 2.24) is 4.90 Å². The van der Waals surface area contributed by atoms with Crippen molar-refractivity contribution in [2.75, 3.05) is 13.1 Å². The second kappa shape index (κ2) is 13.0. The highest BCUT2D eigenvalue weighted by atomic mass is 127. The maximum Gasteiger partial charge on any atom is 0.227 e. The van der Waals surface area contributed by atoms with Crippen molar-refractivity contribution >= 4 is 39.5 Å². The van der Waals surface area contributed by atoms with E-state index in [9.17, 15) is 4.79 Å². The lowest BCUT2D eigenvalue weighted by atomic mass is 10.0. The first-order valence-electron chi connectivity index (χ1n) is 12.2. The Kier molecular flexibility index (Phi) is 10.1. The summed E-state index contributed by atoms with van der Waals surface area (Å²) in [6, 6.07) is 16.4. The van der Waals surface area contributed by atoms with Gasteiger partial charge < -0.3 is 9.32 Å². The highest BCUT2D eigenvalue weighted by Crippen LogP contribution is 2.34. The Bertz CT molecular complexity index is 965. The van der Waals surface area contributed by atoms with Gasteiger partial charge in [0.2, 0.25) is 5.91 Å². The molecule has 1 aromatic heterocycles. The highest BCUT2D eigenvalue weighted by Gasteiger charge is 2.21. The van der Waals surface area contributed by atoms with Crippen LogP contribution in [0.4, 0.5) is 0 Å². The van der Waals surface area contributed by atoms with E-state index in [1.165, 1.54) is 42.1 Å². The Morgan fingerprint density at radius 3 is 2.09 bits per heavy atom. The minimum Gasteiger partial charge on any atom is -0.456 e. The van der Waals surface area contributed by atoms with Gasteiger partial charge in [-0.3, -0.25) is 4.79 Å². The van der Waals surface area contributed by atoms with E-state index in [1.54, 1.807) is 0 Å². The number of para-hydroxylation sites is 1. The van der Waals surface area contributed by atoms with Crippen LogP contribution in [-0.2, 0) is 11.2 Å². The molecule has 32 heavy (non-hydrogen) atoms. The van der Waals surface area contributed by atoms with Crippen molar-refractivity contribution in [2.24, 2.45) is 0 Å². The molecule has 0 saturated heterocycles. The van der Waals surface area contributed by atoms with E-state index in [-0.39, 0.29) is 5.91 Å². The Balaban J connectivity index is 1.83. The maximum atomic E-state index is 13.5. The van der Waals surface area contributed by atoms with E-state index in [0.29, 0.717) is 6.42 Å². The van der Waals surface area contributed by atoms with E-state index < -0.39 is 0 Å². The number of hydrogen-bond donors (Lipinski definition) is 0. The number of fused-ring (bicyclic) bond motifs is 1. The molecule has 3 aromatic rings. The standard InChI is InChI=1S/C28H36INO2/c1-3-5-7-11-19-30(20-12-8-6-4-2)27(31)21-25-24-13-9-10-14-26(24)32-28(25)22-15-17-23(29)18-16-22/h9-10,13-18H,3-8,11-12,19-21H2,1-2H3. The van der Waals surface area contributed by atoms with Crippen LogP contribution in [0.5, 0.6) is 0 Å².